The van der Waals surface area contributed by atoms with Gasteiger partial charge in [-0.3, -0.25) is 9.59 Å². The molecule has 1 N–H and O–H groups in total. The number of aliphatic hydroxyl groups is 1. The summed E-state index contributed by atoms with van der Waals surface area (Å²) in [4.78, 5) is 23.6. The van der Waals surface area contributed by atoms with Gasteiger partial charge in [-0.15, -0.1) is 0 Å². The number of allylic oxidation sites excluding steroid dienone is 3. The molecule has 0 bridgehead atoms. The molecule has 4 atom stereocenters. The second-order valence-corrected chi connectivity index (χ2v) is 9.16. The van der Waals surface area contributed by atoms with Crippen molar-refractivity contribution in [2.45, 2.75) is 108 Å². The lowest BCUT2D eigenvalue weighted by molar-refractivity contribution is -0.240. The minimum Gasteiger partial charge on any atom is -0.469 e. The van der Waals surface area contributed by atoms with Gasteiger partial charge in [0.25, 0.3) is 5.92 Å². The van der Waals surface area contributed by atoms with E-state index in [0.29, 0.717) is 45.1 Å². The minimum atomic E-state index is -3.15. The number of methoxy groups -OCH3 is 1. The Kier molecular flexibility index (Phi) is 12.4. The minimum absolute atomic E-state index is 0.0517. The number of unbranched alkanes of at least 4 members (excludes halogenated alkanes) is 2. The van der Waals surface area contributed by atoms with Crippen LogP contribution in [0.1, 0.15) is 84.0 Å². The van der Waals surface area contributed by atoms with Crippen LogP contribution in [0.25, 0.3) is 0 Å². The Morgan fingerprint density at radius 3 is 2.76 bits per heavy atom. The molecule has 1 aliphatic carbocycles. The maximum Gasteiger partial charge on any atom is 0.305 e. The average molecular weight is 487 g/mol. The Bertz CT molecular complexity index is 699. The highest BCUT2D eigenvalue weighted by molar-refractivity contribution is 5.98. The van der Waals surface area contributed by atoms with E-state index in [1.54, 1.807) is 0 Å². The molecule has 0 aromatic carbocycles. The van der Waals surface area contributed by atoms with Crippen LogP contribution in [0.4, 0.5) is 8.78 Å². The van der Waals surface area contributed by atoms with E-state index >= 15 is 8.78 Å². The van der Waals surface area contributed by atoms with Gasteiger partial charge >= 0.3 is 5.97 Å². The summed E-state index contributed by atoms with van der Waals surface area (Å²) in [5, 5.41) is 10.3. The summed E-state index contributed by atoms with van der Waals surface area (Å²) in [6, 6.07) is 0. The van der Waals surface area contributed by atoms with Gasteiger partial charge in [-0.1, -0.05) is 38.0 Å². The molecule has 1 saturated carbocycles. The quantitative estimate of drug-likeness (QED) is 0.156. The van der Waals surface area contributed by atoms with Gasteiger partial charge in [0.15, 0.2) is 12.1 Å². The van der Waals surface area contributed by atoms with Crippen LogP contribution < -0.4 is 0 Å². The first-order chi connectivity index (χ1) is 16.3. The first-order valence-electron chi connectivity index (χ1n) is 12.6. The molecule has 2 unspecified atom stereocenters. The number of hydrogen-bond acceptors (Lipinski definition) is 6. The largest absolute Gasteiger partial charge is 0.469 e. The number of carbonyl (C=O) groups excluding carboxylic acids is 2. The van der Waals surface area contributed by atoms with E-state index in [0.717, 1.165) is 19.3 Å². The lowest BCUT2D eigenvalue weighted by Gasteiger charge is -2.32. The number of alkyl halides is 2. The molecule has 0 spiro atoms. The van der Waals surface area contributed by atoms with Crippen LogP contribution in [0, 0.1) is 5.92 Å². The van der Waals surface area contributed by atoms with E-state index in [1.807, 2.05) is 19.1 Å². The third-order valence-corrected chi connectivity index (χ3v) is 6.46. The van der Waals surface area contributed by atoms with Crippen molar-refractivity contribution < 1.29 is 37.7 Å². The number of halogens is 2. The van der Waals surface area contributed by atoms with E-state index in [2.05, 4.69) is 4.74 Å². The fourth-order valence-electron chi connectivity index (χ4n) is 4.39. The van der Waals surface area contributed by atoms with E-state index < -0.39 is 36.8 Å². The molecule has 2 rings (SSSR count). The molecule has 0 aromatic rings. The number of hydrogen-bond donors (Lipinski definition) is 1. The van der Waals surface area contributed by atoms with Crippen molar-refractivity contribution in [2.24, 2.45) is 5.92 Å². The predicted molar refractivity (Wildman–Crippen MR) is 124 cm³/mol. The standard InChI is InChI=1S/C26H40F2O6/c1-3-4-12-23(34-25-14-9-10-17-33-25)26(27,28)16-15-20-19(21(29)18-22(20)30)11-7-5-6-8-13-24(31)32-2/h5,7,15,19,21,23,25,29H,3-4,6,8-14,16-18H2,1-2H3/t19-,21+,23?,25?/m1/s1. The van der Waals surface area contributed by atoms with Crippen molar-refractivity contribution in [2.75, 3.05) is 13.7 Å². The van der Waals surface area contributed by atoms with Crippen molar-refractivity contribution in [1.82, 2.24) is 0 Å². The van der Waals surface area contributed by atoms with Crippen LogP contribution in [0.15, 0.2) is 23.8 Å². The highest BCUT2D eigenvalue weighted by Crippen LogP contribution is 2.36. The molecule has 8 heteroatoms. The summed E-state index contributed by atoms with van der Waals surface area (Å²) in [5.74, 6) is -4.20. The fourth-order valence-corrected chi connectivity index (χ4v) is 4.39. The van der Waals surface area contributed by atoms with Gasteiger partial charge in [0, 0.05) is 31.8 Å². The topological polar surface area (TPSA) is 82.1 Å². The smallest absolute Gasteiger partial charge is 0.305 e. The van der Waals surface area contributed by atoms with Gasteiger partial charge in [-0.05, 0) is 50.5 Å². The number of rotatable bonds is 14. The van der Waals surface area contributed by atoms with Crippen LogP contribution in [0.5, 0.6) is 0 Å². The number of ketones is 1. The number of carbonyl (C=O) groups is 2. The van der Waals surface area contributed by atoms with Crippen molar-refractivity contribution in [3.8, 4) is 0 Å². The van der Waals surface area contributed by atoms with Crippen LogP contribution in [-0.2, 0) is 23.8 Å². The van der Waals surface area contributed by atoms with Crippen LogP contribution in [0.3, 0.4) is 0 Å². The van der Waals surface area contributed by atoms with Crippen LogP contribution >= 0.6 is 0 Å². The van der Waals surface area contributed by atoms with Crippen LogP contribution in [-0.4, -0.2) is 55.0 Å². The number of ether oxygens (including phenoxy) is 3. The second-order valence-electron chi connectivity index (χ2n) is 9.16. The molecular weight excluding hydrogens is 446 g/mol. The van der Waals surface area contributed by atoms with Crippen LogP contribution in [0.2, 0.25) is 0 Å². The third-order valence-electron chi connectivity index (χ3n) is 6.46. The number of Topliss-reactive ketones (excluding diaryl/α,β-unsaturated/α-hetero) is 1. The maximum atomic E-state index is 15.2. The van der Waals surface area contributed by atoms with Gasteiger partial charge < -0.3 is 19.3 Å². The SMILES string of the molecule is CCCCC(OC1CCCCO1)C(F)(F)CC=C1C(=O)C[C@H](O)[C@@H]1CC=CCCCC(=O)OC. The third kappa shape index (κ3) is 9.19. The lowest BCUT2D eigenvalue weighted by Crippen LogP contribution is -2.40. The van der Waals surface area contributed by atoms with E-state index in [1.165, 1.54) is 13.2 Å². The summed E-state index contributed by atoms with van der Waals surface area (Å²) in [5.41, 5.74) is 0.273. The van der Waals surface area contributed by atoms with Gasteiger partial charge in [-0.2, -0.15) is 0 Å². The Labute approximate surface area is 201 Å². The molecule has 34 heavy (non-hydrogen) atoms. The Morgan fingerprint density at radius 1 is 1.29 bits per heavy atom. The zero-order valence-electron chi connectivity index (χ0n) is 20.5. The Balaban J connectivity index is 1.99. The molecule has 194 valence electrons. The fraction of sp³-hybridized carbons (Fsp3) is 0.769. The molecule has 1 heterocycles. The molecule has 0 amide bonds. The molecule has 0 radical (unpaired) electrons. The number of aliphatic hydroxyl groups excluding tert-OH is 1. The Morgan fingerprint density at radius 2 is 2.09 bits per heavy atom. The maximum absolute atomic E-state index is 15.2. The summed E-state index contributed by atoms with van der Waals surface area (Å²) < 4.78 is 46.2. The van der Waals surface area contributed by atoms with Crippen molar-refractivity contribution in [3.05, 3.63) is 23.8 Å². The van der Waals surface area contributed by atoms with Gasteiger partial charge in [0.2, 0.25) is 0 Å². The first kappa shape index (κ1) is 28.6. The first-order valence-corrected chi connectivity index (χ1v) is 12.6. The molecule has 6 nitrogen and oxygen atoms in total. The van der Waals surface area contributed by atoms with Gasteiger partial charge in [0.05, 0.1) is 13.2 Å². The molecular formula is C26H40F2O6. The lowest BCUT2D eigenvalue weighted by atomic mass is 9.93. The zero-order valence-corrected chi connectivity index (χ0v) is 20.5. The van der Waals surface area contributed by atoms with E-state index in [-0.39, 0.29) is 30.2 Å². The predicted octanol–water partition coefficient (Wildman–Crippen LogP) is 5.28. The average Bonchev–Trinajstić information content (AvgIpc) is 3.09. The monoisotopic (exact) mass is 486 g/mol. The summed E-state index contributed by atoms with van der Waals surface area (Å²) in [6.07, 6.45) is 7.61. The van der Waals surface area contributed by atoms with E-state index in [4.69, 9.17) is 9.47 Å². The summed E-state index contributed by atoms with van der Waals surface area (Å²) in [6.45, 7) is 2.46. The van der Waals surface area contributed by atoms with Crippen molar-refractivity contribution >= 4 is 11.8 Å². The highest BCUT2D eigenvalue weighted by Gasteiger charge is 2.42. The highest BCUT2D eigenvalue weighted by atomic mass is 19.3. The molecule has 1 aliphatic heterocycles. The molecule has 2 fully saturated rings. The normalized spacial score (nSPS) is 25.9. The van der Waals surface area contributed by atoms with Gasteiger partial charge in [-0.25, -0.2) is 8.78 Å². The molecule has 1 saturated heterocycles. The zero-order chi connectivity index (χ0) is 25.0. The Hall–Kier alpha value is -1.64. The molecule has 0 aromatic heterocycles. The molecule has 2 aliphatic rings. The number of esters is 1. The summed E-state index contributed by atoms with van der Waals surface area (Å²) >= 11 is 0. The van der Waals surface area contributed by atoms with Gasteiger partial charge in [0.1, 0.15) is 6.10 Å². The second kappa shape index (κ2) is 14.7. The van der Waals surface area contributed by atoms with Crippen molar-refractivity contribution in [1.29, 1.82) is 0 Å². The summed E-state index contributed by atoms with van der Waals surface area (Å²) in [7, 11) is 1.34. The van der Waals surface area contributed by atoms with Crippen molar-refractivity contribution in [3.63, 3.8) is 0 Å². The van der Waals surface area contributed by atoms with E-state index in [9.17, 15) is 14.7 Å².